The Morgan fingerprint density at radius 2 is 1.71 bits per heavy atom. The molecule has 2 aromatic rings. The summed E-state index contributed by atoms with van der Waals surface area (Å²) < 4.78 is 39.0. The number of hydrogen-bond acceptors (Lipinski definition) is 2. The fraction of sp³-hybridized carbons (Fsp3) is 0.200. The van der Waals surface area contributed by atoms with Gasteiger partial charge in [0.25, 0.3) is 0 Å². The van der Waals surface area contributed by atoms with E-state index in [4.69, 9.17) is 11.6 Å². The van der Waals surface area contributed by atoms with Crippen LogP contribution in [0.15, 0.2) is 48.5 Å². The molecule has 0 bridgehead atoms. The highest BCUT2D eigenvalue weighted by Crippen LogP contribution is 2.20. The Morgan fingerprint density at radius 3 is 2.29 bits per heavy atom. The molecule has 0 saturated heterocycles. The van der Waals surface area contributed by atoms with Gasteiger partial charge in [-0.15, -0.1) is 11.6 Å². The molecule has 0 aliphatic carbocycles. The van der Waals surface area contributed by atoms with Crippen molar-refractivity contribution < 1.29 is 12.8 Å². The van der Waals surface area contributed by atoms with Gasteiger partial charge in [0.2, 0.25) is 10.0 Å². The lowest BCUT2D eigenvalue weighted by Gasteiger charge is -2.19. The van der Waals surface area contributed by atoms with Crippen LogP contribution < -0.4 is 4.31 Å². The third-order valence-electron chi connectivity index (χ3n) is 3.12. The first kappa shape index (κ1) is 15.8. The molecule has 3 nitrogen and oxygen atoms in total. The standard InChI is InChI=1S/C15H15ClFNO2S/c1-18(15-4-2-3-14(17)9-15)21(19,20)11-13-7-5-12(10-16)6-8-13/h2-9H,10-11H2,1H3. The van der Waals surface area contributed by atoms with Gasteiger partial charge in [-0.1, -0.05) is 30.3 Å². The predicted octanol–water partition coefficient (Wildman–Crippen LogP) is 3.53. The van der Waals surface area contributed by atoms with Crippen LogP contribution >= 0.6 is 11.6 Å². The molecule has 2 rings (SSSR count). The third kappa shape index (κ3) is 3.95. The van der Waals surface area contributed by atoms with E-state index < -0.39 is 15.8 Å². The summed E-state index contributed by atoms with van der Waals surface area (Å²) >= 11 is 5.70. The largest absolute Gasteiger partial charge is 0.273 e. The zero-order chi connectivity index (χ0) is 15.5. The fourth-order valence-electron chi connectivity index (χ4n) is 1.86. The van der Waals surface area contributed by atoms with Crippen molar-refractivity contribution in [3.05, 3.63) is 65.5 Å². The first-order valence-electron chi connectivity index (χ1n) is 6.28. The van der Waals surface area contributed by atoms with E-state index in [0.717, 1.165) is 9.87 Å². The zero-order valence-electron chi connectivity index (χ0n) is 11.5. The van der Waals surface area contributed by atoms with Gasteiger partial charge in [-0.25, -0.2) is 12.8 Å². The predicted molar refractivity (Wildman–Crippen MR) is 83.4 cm³/mol. The Kier molecular flexibility index (Phi) is 4.85. The molecular weight excluding hydrogens is 313 g/mol. The van der Waals surface area contributed by atoms with E-state index in [0.29, 0.717) is 17.1 Å². The minimum atomic E-state index is -3.57. The van der Waals surface area contributed by atoms with Crippen molar-refractivity contribution in [1.29, 1.82) is 0 Å². The van der Waals surface area contributed by atoms with Crippen molar-refractivity contribution in [2.75, 3.05) is 11.4 Å². The minimum Gasteiger partial charge on any atom is -0.273 e. The first-order chi connectivity index (χ1) is 9.92. The third-order valence-corrected chi connectivity index (χ3v) is 5.17. The van der Waals surface area contributed by atoms with Crippen molar-refractivity contribution in [2.45, 2.75) is 11.6 Å². The van der Waals surface area contributed by atoms with Crippen molar-refractivity contribution in [3.8, 4) is 0 Å². The summed E-state index contributed by atoms with van der Waals surface area (Å²) in [5.41, 5.74) is 1.88. The monoisotopic (exact) mass is 327 g/mol. The molecule has 0 N–H and O–H groups in total. The Morgan fingerprint density at radius 1 is 1.10 bits per heavy atom. The average molecular weight is 328 g/mol. The average Bonchev–Trinajstić information content (AvgIpc) is 2.47. The minimum absolute atomic E-state index is 0.150. The summed E-state index contributed by atoms with van der Waals surface area (Å²) in [6.45, 7) is 0. The van der Waals surface area contributed by atoms with E-state index in [-0.39, 0.29) is 5.75 Å². The van der Waals surface area contributed by atoms with E-state index in [9.17, 15) is 12.8 Å². The second-order valence-electron chi connectivity index (χ2n) is 4.65. The topological polar surface area (TPSA) is 37.4 Å². The second-order valence-corrected chi connectivity index (χ2v) is 6.92. The Balaban J connectivity index is 2.20. The molecule has 0 unspecified atom stereocenters. The van der Waals surface area contributed by atoms with Crippen molar-refractivity contribution in [3.63, 3.8) is 0 Å². The number of benzene rings is 2. The first-order valence-corrected chi connectivity index (χ1v) is 8.43. The Hall–Kier alpha value is -1.59. The number of rotatable bonds is 5. The van der Waals surface area contributed by atoms with Gasteiger partial charge in [-0.05, 0) is 29.3 Å². The van der Waals surface area contributed by atoms with Gasteiger partial charge in [0, 0.05) is 12.9 Å². The van der Waals surface area contributed by atoms with Gasteiger partial charge in [0.1, 0.15) is 5.82 Å². The van der Waals surface area contributed by atoms with Crippen LogP contribution in [0.4, 0.5) is 10.1 Å². The highest BCUT2D eigenvalue weighted by Gasteiger charge is 2.19. The Labute approximate surface area is 129 Å². The van der Waals surface area contributed by atoms with Crippen LogP contribution in [0.25, 0.3) is 0 Å². The molecule has 0 aromatic heterocycles. The number of nitrogens with zero attached hydrogens (tertiary/aromatic N) is 1. The molecule has 0 aliphatic heterocycles. The maximum absolute atomic E-state index is 13.2. The zero-order valence-corrected chi connectivity index (χ0v) is 13.0. The number of anilines is 1. The SMILES string of the molecule is CN(c1cccc(F)c1)S(=O)(=O)Cc1ccc(CCl)cc1. The quantitative estimate of drug-likeness (QED) is 0.788. The second kappa shape index (κ2) is 6.45. The summed E-state index contributed by atoms with van der Waals surface area (Å²) in [4.78, 5) is 0. The molecule has 0 fully saturated rings. The van der Waals surface area contributed by atoms with Crippen LogP contribution in [0.5, 0.6) is 0 Å². The van der Waals surface area contributed by atoms with E-state index >= 15 is 0 Å². The fourth-order valence-corrected chi connectivity index (χ4v) is 3.28. The molecule has 0 spiro atoms. The molecule has 0 saturated carbocycles. The van der Waals surface area contributed by atoms with Gasteiger partial charge in [-0.2, -0.15) is 0 Å². The Bertz CT molecular complexity index is 717. The molecule has 6 heteroatoms. The van der Waals surface area contributed by atoms with Crippen LogP contribution in [-0.2, 0) is 21.7 Å². The highest BCUT2D eigenvalue weighted by molar-refractivity contribution is 7.92. The maximum Gasteiger partial charge on any atom is 0.239 e. The number of sulfonamides is 1. The smallest absolute Gasteiger partial charge is 0.239 e. The van der Waals surface area contributed by atoms with E-state index in [1.165, 1.54) is 25.2 Å². The van der Waals surface area contributed by atoms with Crippen LogP contribution in [-0.4, -0.2) is 15.5 Å². The molecule has 0 aliphatic rings. The number of alkyl halides is 1. The summed E-state index contributed by atoms with van der Waals surface area (Å²) in [5, 5.41) is 0. The van der Waals surface area contributed by atoms with Crippen molar-refractivity contribution >= 4 is 27.3 Å². The van der Waals surface area contributed by atoms with Gasteiger partial charge in [0.15, 0.2) is 0 Å². The summed E-state index contributed by atoms with van der Waals surface area (Å²) in [7, 11) is -2.16. The normalized spacial score (nSPS) is 11.4. The molecule has 21 heavy (non-hydrogen) atoms. The highest BCUT2D eigenvalue weighted by atomic mass is 35.5. The lowest BCUT2D eigenvalue weighted by molar-refractivity contribution is 0.593. The van der Waals surface area contributed by atoms with Gasteiger partial charge >= 0.3 is 0 Å². The van der Waals surface area contributed by atoms with Crippen LogP contribution in [0, 0.1) is 5.82 Å². The van der Waals surface area contributed by atoms with E-state index in [2.05, 4.69) is 0 Å². The lowest BCUT2D eigenvalue weighted by Crippen LogP contribution is -2.27. The van der Waals surface area contributed by atoms with Gasteiger partial charge in [-0.3, -0.25) is 4.31 Å². The van der Waals surface area contributed by atoms with E-state index in [1.807, 2.05) is 0 Å². The summed E-state index contributed by atoms with van der Waals surface area (Å²) in [5.74, 6) is -0.236. The maximum atomic E-state index is 13.2. The molecule has 0 atom stereocenters. The summed E-state index contributed by atoms with van der Waals surface area (Å²) in [6, 6.07) is 12.5. The molecule has 112 valence electrons. The van der Waals surface area contributed by atoms with Crippen LogP contribution in [0.2, 0.25) is 0 Å². The lowest BCUT2D eigenvalue weighted by atomic mass is 10.2. The van der Waals surface area contributed by atoms with Gasteiger partial charge in [0.05, 0.1) is 11.4 Å². The van der Waals surface area contributed by atoms with Gasteiger partial charge < -0.3 is 0 Å². The van der Waals surface area contributed by atoms with Crippen molar-refractivity contribution in [1.82, 2.24) is 0 Å². The molecular formula is C15H15ClFNO2S. The molecule has 0 heterocycles. The van der Waals surface area contributed by atoms with Crippen LogP contribution in [0.3, 0.4) is 0 Å². The molecule has 2 aromatic carbocycles. The van der Waals surface area contributed by atoms with Crippen LogP contribution in [0.1, 0.15) is 11.1 Å². The molecule has 0 radical (unpaired) electrons. The number of halogens is 2. The van der Waals surface area contributed by atoms with Crippen molar-refractivity contribution in [2.24, 2.45) is 0 Å². The summed E-state index contributed by atoms with van der Waals surface area (Å²) in [6.07, 6.45) is 0. The molecule has 0 amide bonds. The number of hydrogen-bond donors (Lipinski definition) is 0. The van der Waals surface area contributed by atoms with E-state index in [1.54, 1.807) is 30.3 Å².